The van der Waals surface area contributed by atoms with Gasteiger partial charge in [-0.25, -0.2) is 0 Å². The third-order valence-corrected chi connectivity index (χ3v) is 6.79. The van der Waals surface area contributed by atoms with Crippen LogP contribution in [0.3, 0.4) is 0 Å². The van der Waals surface area contributed by atoms with Gasteiger partial charge in [-0.15, -0.1) is 0 Å². The fourth-order valence-electron chi connectivity index (χ4n) is 5.50. The van der Waals surface area contributed by atoms with Gasteiger partial charge in [0, 0.05) is 6.04 Å². The molecule has 1 aromatic rings. The average Bonchev–Trinajstić information content (AvgIpc) is 2.94. The summed E-state index contributed by atoms with van der Waals surface area (Å²) in [4.78, 5) is 2.83. The van der Waals surface area contributed by atoms with Gasteiger partial charge in [0.05, 0.1) is 7.11 Å². The van der Waals surface area contributed by atoms with E-state index in [-0.39, 0.29) is 0 Å². The Morgan fingerprint density at radius 3 is 2.43 bits per heavy atom. The van der Waals surface area contributed by atoms with Crippen molar-refractivity contribution in [2.24, 2.45) is 11.8 Å². The molecule has 0 aromatic heterocycles. The van der Waals surface area contributed by atoms with Gasteiger partial charge in [0.2, 0.25) is 0 Å². The minimum atomic E-state index is 0.685. The van der Waals surface area contributed by atoms with E-state index in [4.69, 9.17) is 4.74 Å². The minimum absolute atomic E-state index is 0.685. The van der Waals surface area contributed by atoms with Crippen molar-refractivity contribution in [1.29, 1.82) is 0 Å². The fraction of sp³-hybridized carbons (Fsp3) is 0.714. The van der Waals surface area contributed by atoms with Crippen LogP contribution in [0.4, 0.5) is 0 Å². The van der Waals surface area contributed by atoms with E-state index >= 15 is 0 Å². The summed E-state index contributed by atoms with van der Waals surface area (Å²) < 4.78 is 5.58. The lowest BCUT2D eigenvalue weighted by molar-refractivity contribution is 0.125. The summed E-state index contributed by atoms with van der Waals surface area (Å²) in [6.07, 6.45) is 11.6. The number of para-hydroxylation sites is 1. The van der Waals surface area contributed by atoms with Gasteiger partial charge in [-0.05, 0) is 81.0 Å². The third-order valence-electron chi connectivity index (χ3n) is 6.79. The van der Waals surface area contributed by atoms with Gasteiger partial charge in [0.25, 0.3) is 0 Å². The van der Waals surface area contributed by atoms with E-state index in [2.05, 4.69) is 29.2 Å². The predicted molar refractivity (Wildman–Crippen MR) is 95.0 cm³/mol. The Balaban J connectivity index is 1.37. The van der Waals surface area contributed by atoms with E-state index in [1.54, 1.807) is 7.11 Å². The molecule has 23 heavy (non-hydrogen) atoms. The molecule has 0 N–H and O–H groups in total. The van der Waals surface area contributed by atoms with Crippen LogP contribution in [0.5, 0.6) is 5.75 Å². The maximum Gasteiger partial charge on any atom is 0.122 e. The van der Waals surface area contributed by atoms with Gasteiger partial charge in [-0.3, -0.25) is 0 Å². The monoisotopic (exact) mass is 313 g/mol. The van der Waals surface area contributed by atoms with Crippen molar-refractivity contribution < 1.29 is 4.74 Å². The van der Waals surface area contributed by atoms with Crippen LogP contribution in [0.2, 0.25) is 0 Å². The third kappa shape index (κ3) is 3.28. The number of methoxy groups -OCH3 is 1. The van der Waals surface area contributed by atoms with Crippen LogP contribution >= 0.6 is 0 Å². The summed E-state index contributed by atoms with van der Waals surface area (Å²) in [5.41, 5.74) is 1.43. The Hall–Kier alpha value is -1.02. The van der Waals surface area contributed by atoms with Crippen LogP contribution in [-0.2, 0) is 0 Å². The van der Waals surface area contributed by atoms with Crippen molar-refractivity contribution in [3.63, 3.8) is 0 Å². The quantitative estimate of drug-likeness (QED) is 0.791. The first kappa shape index (κ1) is 15.5. The SMILES string of the molecule is COc1ccccc1C1CCN(C2CCC3CCC(C3)C2)CC1. The maximum absolute atomic E-state index is 5.58. The Morgan fingerprint density at radius 1 is 0.870 bits per heavy atom. The summed E-state index contributed by atoms with van der Waals surface area (Å²) in [5.74, 6) is 3.87. The summed E-state index contributed by atoms with van der Waals surface area (Å²) in [6, 6.07) is 9.50. The molecule has 2 nitrogen and oxygen atoms in total. The van der Waals surface area contributed by atoms with Crippen LogP contribution in [0.15, 0.2) is 24.3 Å². The molecule has 0 spiro atoms. The summed E-state index contributed by atoms with van der Waals surface area (Å²) in [5, 5.41) is 0. The molecule has 3 fully saturated rings. The minimum Gasteiger partial charge on any atom is -0.496 e. The van der Waals surface area contributed by atoms with Crippen molar-refractivity contribution in [2.75, 3.05) is 20.2 Å². The van der Waals surface area contributed by atoms with Gasteiger partial charge in [-0.2, -0.15) is 0 Å². The van der Waals surface area contributed by atoms with Crippen molar-refractivity contribution in [3.8, 4) is 5.75 Å². The molecular weight excluding hydrogens is 282 g/mol. The number of likely N-dealkylation sites (tertiary alicyclic amines) is 1. The number of benzene rings is 1. The first-order valence-corrected chi connectivity index (χ1v) is 9.70. The second kappa shape index (κ2) is 6.84. The van der Waals surface area contributed by atoms with Gasteiger partial charge in [-0.1, -0.05) is 31.0 Å². The number of hydrogen-bond acceptors (Lipinski definition) is 2. The molecule has 0 radical (unpaired) electrons. The molecule has 126 valence electrons. The normalized spacial score (nSPS) is 32.7. The van der Waals surface area contributed by atoms with Crippen LogP contribution < -0.4 is 4.74 Å². The second-order valence-corrected chi connectivity index (χ2v) is 8.06. The highest BCUT2D eigenvalue weighted by Crippen LogP contribution is 2.43. The van der Waals surface area contributed by atoms with E-state index in [1.807, 2.05) is 0 Å². The molecule has 3 aliphatic rings. The van der Waals surface area contributed by atoms with Crippen LogP contribution in [0.25, 0.3) is 0 Å². The number of hydrogen-bond donors (Lipinski definition) is 0. The van der Waals surface area contributed by atoms with Crippen molar-refractivity contribution in [1.82, 2.24) is 4.90 Å². The van der Waals surface area contributed by atoms with Gasteiger partial charge in [0.15, 0.2) is 0 Å². The molecular formula is C21H31NO. The molecule has 1 saturated heterocycles. The molecule has 2 aliphatic carbocycles. The second-order valence-electron chi connectivity index (χ2n) is 8.06. The lowest BCUT2D eigenvalue weighted by Crippen LogP contribution is -2.41. The first-order chi connectivity index (χ1) is 11.3. The van der Waals surface area contributed by atoms with E-state index in [1.165, 1.54) is 70.0 Å². The molecule has 1 heterocycles. The van der Waals surface area contributed by atoms with E-state index in [0.29, 0.717) is 5.92 Å². The number of rotatable bonds is 3. The van der Waals surface area contributed by atoms with Crippen molar-refractivity contribution in [2.45, 2.75) is 63.3 Å². The Labute approximate surface area is 141 Å². The van der Waals surface area contributed by atoms with Gasteiger partial charge in [0.1, 0.15) is 5.75 Å². The predicted octanol–water partition coefficient (Wildman–Crippen LogP) is 4.84. The Morgan fingerprint density at radius 2 is 1.61 bits per heavy atom. The summed E-state index contributed by atoms with van der Waals surface area (Å²) in [7, 11) is 1.80. The maximum atomic E-state index is 5.58. The van der Waals surface area contributed by atoms with Crippen molar-refractivity contribution in [3.05, 3.63) is 29.8 Å². The number of ether oxygens (including phenoxy) is 1. The molecule has 3 atom stereocenters. The first-order valence-electron chi connectivity index (χ1n) is 9.70. The average molecular weight is 313 g/mol. The Kier molecular flexibility index (Phi) is 4.61. The number of fused-ring (bicyclic) bond motifs is 2. The lowest BCUT2D eigenvalue weighted by atomic mass is 9.86. The molecule has 0 amide bonds. The zero-order chi connectivity index (χ0) is 15.6. The molecule has 3 unspecified atom stereocenters. The molecule has 1 aliphatic heterocycles. The lowest BCUT2D eigenvalue weighted by Gasteiger charge is -2.39. The molecule has 1 aromatic carbocycles. The topological polar surface area (TPSA) is 12.5 Å². The molecule has 4 rings (SSSR count). The smallest absolute Gasteiger partial charge is 0.122 e. The van der Waals surface area contributed by atoms with E-state index < -0.39 is 0 Å². The fourth-order valence-corrected chi connectivity index (χ4v) is 5.50. The zero-order valence-electron chi connectivity index (χ0n) is 14.5. The highest BCUT2D eigenvalue weighted by molar-refractivity contribution is 5.36. The number of piperidine rings is 1. The van der Waals surface area contributed by atoms with E-state index in [9.17, 15) is 0 Å². The number of nitrogens with zero attached hydrogens (tertiary/aromatic N) is 1. The molecule has 2 heteroatoms. The zero-order valence-corrected chi connectivity index (χ0v) is 14.5. The summed E-state index contributed by atoms with van der Waals surface area (Å²) in [6.45, 7) is 2.57. The highest BCUT2D eigenvalue weighted by atomic mass is 16.5. The molecule has 2 saturated carbocycles. The molecule has 2 bridgehead atoms. The van der Waals surface area contributed by atoms with Crippen LogP contribution in [0.1, 0.15) is 62.8 Å². The van der Waals surface area contributed by atoms with Crippen LogP contribution in [-0.4, -0.2) is 31.1 Å². The largest absolute Gasteiger partial charge is 0.496 e. The van der Waals surface area contributed by atoms with Gasteiger partial charge < -0.3 is 9.64 Å². The van der Waals surface area contributed by atoms with E-state index in [0.717, 1.165) is 23.6 Å². The van der Waals surface area contributed by atoms with Gasteiger partial charge >= 0.3 is 0 Å². The summed E-state index contributed by atoms with van der Waals surface area (Å²) >= 11 is 0. The van der Waals surface area contributed by atoms with Crippen LogP contribution in [0, 0.1) is 11.8 Å². The highest BCUT2D eigenvalue weighted by Gasteiger charge is 2.34. The Bertz CT molecular complexity index is 520. The standard InChI is InChI=1S/C21H31NO/c1-23-21-5-3-2-4-20(21)18-10-12-22(13-11-18)19-9-8-16-6-7-17(14-16)15-19/h2-5,16-19H,6-15H2,1H3. The van der Waals surface area contributed by atoms with Crippen molar-refractivity contribution >= 4 is 0 Å².